The Bertz CT molecular complexity index is 191. The summed E-state index contributed by atoms with van der Waals surface area (Å²) in [6.07, 6.45) is 3.97. The van der Waals surface area contributed by atoms with E-state index < -0.39 is 0 Å². The van der Waals surface area contributed by atoms with Crippen LogP contribution in [0.1, 0.15) is 40.5 Å². The molecule has 1 nitrogen and oxygen atoms in total. The summed E-state index contributed by atoms with van der Waals surface area (Å²) in [7, 11) is 0. The van der Waals surface area contributed by atoms with Gasteiger partial charge >= 0.3 is 0 Å². The van der Waals surface area contributed by atoms with Crippen molar-refractivity contribution in [2.45, 2.75) is 46.6 Å². The number of hydrogen-bond acceptors (Lipinski definition) is 1. The molecule has 1 heteroatoms. The van der Waals surface area contributed by atoms with Crippen LogP contribution in [0.4, 0.5) is 0 Å². The van der Waals surface area contributed by atoms with E-state index in [1.54, 1.807) is 5.57 Å². The number of aliphatic hydroxyl groups excluding tert-OH is 1. The fourth-order valence-corrected chi connectivity index (χ4v) is 2.27. The van der Waals surface area contributed by atoms with Crippen molar-refractivity contribution in [2.75, 3.05) is 0 Å². The van der Waals surface area contributed by atoms with Crippen LogP contribution in [0.15, 0.2) is 11.6 Å². The number of aliphatic hydroxyl groups is 1. The highest BCUT2D eigenvalue weighted by Crippen LogP contribution is 2.35. The van der Waals surface area contributed by atoms with Gasteiger partial charge in [-0.25, -0.2) is 0 Å². The molecule has 0 spiro atoms. The smallest absolute Gasteiger partial charge is 0.0580 e. The molecule has 2 atom stereocenters. The normalized spacial score (nSPS) is 29.6. The van der Waals surface area contributed by atoms with E-state index in [2.05, 4.69) is 33.8 Å². The molecule has 0 fully saturated rings. The fourth-order valence-electron chi connectivity index (χ4n) is 2.27. The molecule has 1 N–H and O–H groups in total. The molecule has 0 amide bonds. The minimum atomic E-state index is -0.102. The summed E-state index contributed by atoms with van der Waals surface area (Å²) in [6, 6.07) is 0. The second-order valence-electron chi connectivity index (χ2n) is 4.83. The predicted octanol–water partition coefficient (Wildman–Crippen LogP) is 3.00. The standard InChI is InChI=1S/C12H22O/c1-8(2)11-6-5-10(13)7-12(11)9(3)4/h6,8-10,12-13H,5,7H2,1-4H3. The molecule has 0 bridgehead atoms. The van der Waals surface area contributed by atoms with Crippen molar-refractivity contribution in [1.82, 2.24) is 0 Å². The van der Waals surface area contributed by atoms with Gasteiger partial charge in [-0.05, 0) is 30.6 Å². The summed E-state index contributed by atoms with van der Waals surface area (Å²) in [5.41, 5.74) is 1.56. The zero-order valence-corrected chi connectivity index (χ0v) is 9.25. The van der Waals surface area contributed by atoms with Crippen molar-refractivity contribution < 1.29 is 5.11 Å². The number of rotatable bonds is 2. The summed E-state index contributed by atoms with van der Waals surface area (Å²) in [5.74, 6) is 1.90. The van der Waals surface area contributed by atoms with Crippen LogP contribution in [0.3, 0.4) is 0 Å². The third kappa shape index (κ3) is 2.57. The number of allylic oxidation sites excluding steroid dienone is 1. The van der Waals surface area contributed by atoms with E-state index in [0.717, 1.165) is 12.8 Å². The molecule has 0 aromatic carbocycles. The molecule has 0 saturated carbocycles. The van der Waals surface area contributed by atoms with Gasteiger partial charge < -0.3 is 5.11 Å². The van der Waals surface area contributed by atoms with Gasteiger partial charge in [0, 0.05) is 0 Å². The van der Waals surface area contributed by atoms with E-state index in [1.165, 1.54) is 0 Å². The largest absolute Gasteiger partial charge is 0.393 e. The Balaban J connectivity index is 2.77. The minimum absolute atomic E-state index is 0.102. The molecule has 76 valence electrons. The van der Waals surface area contributed by atoms with E-state index >= 15 is 0 Å². The molecular formula is C12H22O. The highest BCUT2D eigenvalue weighted by Gasteiger charge is 2.26. The molecule has 0 radical (unpaired) electrons. The molecule has 1 aliphatic carbocycles. The molecular weight excluding hydrogens is 160 g/mol. The average Bonchev–Trinajstić information content (AvgIpc) is 2.03. The van der Waals surface area contributed by atoms with E-state index in [0.29, 0.717) is 17.8 Å². The van der Waals surface area contributed by atoms with Gasteiger partial charge in [0.15, 0.2) is 0 Å². The van der Waals surface area contributed by atoms with E-state index in [4.69, 9.17) is 0 Å². The van der Waals surface area contributed by atoms with Crippen LogP contribution in [0.5, 0.6) is 0 Å². The maximum atomic E-state index is 9.58. The summed E-state index contributed by atoms with van der Waals surface area (Å²) in [4.78, 5) is 0. The first-order chi connectivity index (χ1) is 6.02. The van der Waals surface area contributed by atoms with Gasteiger partial charge in [0.25, 0.3) is 0 Å². The van der Waals surface area contributed by atoms with E-state index in [1.807, 2.05) is 0 Å². The van der Waals surface area contributed by atoms with Crippen molar-refractivity contribution >= 4 is 0 Å². The maximum absolute atomic E-state index is 9.58. The van der Waals surface area contributed by atoms with Crippen LogP contribution in [0, 0.1) is 17.8 Å². The van der Waals surface area contributed by atoms with E-state index in [-0.39, 0.29) is 6.10 Å². The van der Waals surface area contributed by atoms with Gasteiger partial charge in [-0.1, -0.05) is 39.3 Å². The van der Waals surface area contributed by atoms with Gasteiger partial charge in [0.1, 0.15) is 0 Å². The van der Waals surface area contributed by atoms with E-state index in [9.17, 15) is 5.11 Å². The Morgan fingerprint density at radius 3 is 2.38 bits per heavy atom. The molecule has 0 aromatic heterocycles. The summed E-state index contributed by atoms with van der Waals surface area (Å²) >= 11 is 0. The SMILES string of the molecule is CC(C)C1=CCC(O)CC1C(C)C. The second kappa shape index (κ2) is 4.28. The Morgan fingerprint density at radius 1 is 1.31 bits per heavy atom. The fraction of sp³-hybridized carbons (Fsp3) is 0.833. The van der Waals surface area contributed by atoms with Gasteiger partial charge in [-0.3, -0.25) is 0 Å². The minimum Gasteiger partial charge on any atom is -0.393 e. The lowest BCUT2D eigenvalue weighted by Gasteiger charge is -2.32. The van der Waals surface area contributed by atoms with Crippen molar-refractivity contribution in [3.63, 3.8) is 0 Å². The lowest BCUT2D eigenvalue weighted by Crippen LogP contribution is -2.25. The Morgan fingerprint density at radius 2 is 1.92 bits per heavy atom. The summed E-state index contributed by atoms with van der Waals surface area (Å²) < 4.78 is 0. The average molecular weight is 182 g/mol. The quantitative estimate of drug-likeness (QED) is 0.651. The molecule has 1 rings (SSSR count). The molecule has 0 heterocycles. The van der Waals surface area contributed by atoms with Crippen LogP contribution < -0.4 is 0 Å². The first-order valence-electron chi connectivity index (χ1n) is 5.40. The molecule has 0 saturated heterocycles. The van der Waals surface area contributed by atoms with Gasteiger partial charge in [-0.2, -0.15) is 0 Å². The Hall–Kier alpha value is -0.300. The maximum Gasteiger partial charge on any atom is 0.0580 e. The Labute approximate surface area is 81.9 Å². The van der Waals surface area contributed by atoms with Crippen LogP contribution in [0.2, 0.25) is 0 Å². The van der Waals surface area contributed by atoms with Crippen LogP contribution in [-0.2, 0) is 0 Å². The lowest BCUT2D eigenvalue weighted by molar-refractivity contribution is 0.128. The first kappa shape index (κ1) is 10.8. The third-order valence-electron chi connectivity index (χ3n) is 3.05. The van der Waals surface area contributed by atoms with Gasteiger partial charge in [0.05, 0.1) is 6.10 Å². The van der Waals surface area contributed by atoms with Crippen LogP contribution in [0.25, 0.3) is 0 Å². The number of hydrogen-bond donors (Lipinski definition) is 1. The third-order valence-corrected chi connectivity index (χ3v) is 3.05. The van der Waals surface area contributed by atoms with Crippen molar-refractivity contribution in [3.05, 3.63) is 11.6 Å². The first-order valence-corrected chi connectivity index (χ1v) is 5.40. The van der Waals surface area contributed by atoms with Gasteiger partial charge in [0.2, 0.25) is 0 Å². The monoisotopic (exact) mass is 182 g/mol. The molecule has 0 aliphatic heterocycles. The molecule has 2 unspecified atom stereocenters. The molecule has 1 aliphatic rings. The highest BCUT2D eigenvalue weighted by atomic mass is 16.3. The topological polar surface area (TPSA) is 20.2 Å². The molecule has 0 aromatic rings. The zero-order valence-electron chi connectivity index (χ0n) is 9.25. The van der Waals surface area contributed by atoms with Crippen molar-refractivity contribution in [1.29, 1.82) is 0 Å². The van der Waals surface area contributed by atoms with Crippen molar-refractivity contribution in [2.24, 2.45) is 17.8 Å². The molecule has 13 heavy (non-hydrogen) atoms. The lowest BCUT2D eigenvalue weighted by atomic mass is 9.75. The zero-order chi connectivity index (χ0) is 10.0. The summed E-state index contributed by atoms with van der Waals surface area (Å²) in [5, 5.41) is 9.58. The Kier molecular flexibility index (Phi) is 3.55. The van der Waals surface area contributed by atoms with Crippen molar-refractivity contribution in [3.8, 4) is 0 Å². The second-order valence-corrected chi connectivity index (χ2v) is 4.83. The van der Waals surface area contributed by atoms with Crippen LogP contribution >= 0.6 is 0 Å². The van der Waals surface area contributed by atoms with Gasteiger partial charge in [-0.15, -0.1) is 0 Å². The van der Waals surface area contributed by atoms with Crippen LogP contribution in [-0.4, -0.2) is 11.2 Å². The predicted molar refractivity (Wildman–Crippen MR) is 56.5 cm³/mol. The highest BCUT2D eigenvalue weighted by molar-refractivity contribution is 5.14. The summed E-state index contributed by atoms with van der Waals surface area (Å²) in [6.45, 7) is 9.00.